The van der Waals surface area contributed by atoms with Crippen LogP contribution in [0.15, 0.2) is 84.9 Å². The van der Waals surface area contributed by atoms with E-state index in [9.17, 15) is 18.0 Å². The molecule has 0 amide bonds. The number of carbonyl (C=O) groups excluding carboxylic acids is 2. The number of sulfonamides is 1. The van der Waals surface area contributed by atoms with Crippen LogP contribution in [0, 0.1) is 0 Å². The SMILES string of the molecule is CN(C)CCCNc1nc(Cc2ccc(NS(C)(=O)=O)cc2)nc(NCCCN(C)C)n1.O=C1c2ccccc2C(=O)C1c1ccc2ccccc2n1. The van der Waals surface area contributed by atoms with Crippen LogP contribution >= 0.6 is 0 Å². The minimum Gasteiger partial charge on any atom is -0.354 e. The molecule has 0 spiro atoms. The molecule has 3 N–H and O–H groups in total. The fourth-order valence-electron chi connectivity index (χ4n) is 5.79. The van der Waals surface area contributed by atoms with E-state index < -0.39 is 15.9 Å². The standard InChI is InChI=1S/C21H36N8O2S.C18H11NO2/c1-28(2)14-6-12-22-20-24-19(25-21(26-20)23-13-7-15-29(3)4)16-17-8-10-18(11-9-17)27-32(5,30)31;20-17-12-6-2-3-7-13(12)18(21)16(17)15-10-9-11-5-1-4-8-14(11)19-15/h8-11,27H,6-7,12-16H2,1-5H3,(H2,22,23,24,25,26);1-10,16H. The number of benzene rings is 3. The molecule has 14 heteroatoms. The largest absolute Gasteiger partial charge is 0.354 e. The minimum atomic E-state index is -3.30. The Kier molecular flexibility index (Phi) is 13.2. The Morgan fingerprint density at radius 3 is 1.75 bits per heavy atom. The highest BCUT2D eigenvalue weighted by Gasteiger charge is 2.40. The molecule has 278 valence electrons. The van der Waals surface area contributed by atoms with E-state index in [1.165, 1.54) is 0 Å². The fraction of sp³-hybridized carbons (Fsp3) is 0.333. The topological polar surface area (TPSA) is 162 Å². The fourth-order valence-corrected chi connectivity index (χ4v) is 6.35. The molecule has 0 atom stereocenters. The number of ketones is 2. The van der Waals surface area contributed by atoms with E-state index in [2.05, 4.69) is 45.1 Å². The van der Waals surface area contributed by atoms with Gasteiger partial charge in [-0.05, 0) is 84.0 Å². The van der Waals surface area contributed by atoms with E-state index >= 15 is 0 Å². The van der Waals surface area contributed by atoms with Gasteiger partial charge in [0, 0.05) is 41.7 Å². The van der Waals surface area contributed by atoms with Gasteiger partial charge < -0.3 is 20.4 Å². The Morgan fingerprint density at radius 1 is 0.660 bits per heavy atom. The van der Waals surface area contributed by atoms with Crippen LogP contribution in [0.25, 0.3) is 10.9 Å². The molecule has 0 aliphatic heterocycles. The Bertz CT molecular complexity index is 2070. The zero-order valence-electron chi connectivity index (χ0n) is 30.8. The Balaban J connectivity index is 0.000000221. The summed E-state index contributed by atoms with van der Waals surface area (Å²) in [5, 5.41) is 7.59. The van der Waals surface area contributed by atoms with Crippen molar-refractivity contribution in [3.05, 3.63) is 113 Å². The summed E-state index contributed by atoms with van der Waals surface area (Å²) in [6.07, 6.45) is 3.61. The van der Waals surface area contributed by atoms with Gasteiger partial charge in [0.25, 0.3) is 0 Å². The zero-order valence-corrected chi connectivity index (χ0v) is 31.7. The number of pyridine rings is 1. The number of hydrogen-bond acceptors (Lipinski definition) is 12. The van der Waals surface area contributed by atoms with Crippen molar-refractivity contribution < 1.29 is 18.0 Å². The van der Waals surface area contributed by atoms with Crippen molar-refractivity contribution >= 4 is 50.1 Å². The number of para-hydroxylation sites is 1. The van der Waals surface area contributed by atoms with E-state index in [0.29, 0.717) is 46.7 Å². The summed E-state index contributed by atoms with van der Waals surface area (Å²) in [6.45, 7) is 3.50. The molecule has 1 aliphatic carbocycles. The molecule has 3 aromatic carbocycles. The van der Waals surface area contributed by atoms with Gasteiger partial charge in [0.2, 0.25) is 21.9 Å². The maximum absolute atomic E-state index is 12.5. The van der Waals surface area contributed by atoms with E-state index in [1.54, 1.807) is 42.5 Å². The summed E-state index contributed by atoms with van der Waals surface area (Å²) in [5.74, 6) is 0.649. The van der Waals surface area contributed by atoms with Crippen molar-refractivity contribution in [1.29, 1.82) is 0 Å². The second-order valence-corrected chi connectivity index (χ2v) is 15.2. The maximum atomic E-state index is 12.5. The molecule has 0 saturated heterocycles. The van der Waals surface area contributed by atoms with Crippen LogP contribution in [0.1, 0.15) is 56.6 Å². The van der Waals surface area contributed by atoms with Crippen LogP contribution in [0.3, 0.4) is 0 Å². The highest BCUT2D eigenvalue weighted by Crippen LogP contribution is 2.33. The summed E-state index contributed by atoms with van der Waals surface area (Å²) in [4.78, 5) is 47.4. The lowest BCUT2D eigenvalue weighted by atomic mass is 9.98. The third-order valence-electron chi connectivity index (χ3n) is 8.33. The number of nitrogens with zero attached hydrogens (tertiary/aromatic N) is 6. The Hall–Kier alpha value is -5.31. The molecule has 0 radical (unpaired) electrons. The van der Waals surface area contributed by atoms with Gasteiger partial charge in [-0.2, -0.15) is 15.0 Å². The lowest BCUT2D eigenvalue weighted by molar-refractivity contribution is 0.0888. The molecule has 13 nitrogen and oxygen atoms in total. The molecule has 0 fully saturated rings. The van der Waals surface area contributed by atoms with Gasteiger partial charge in [-0.15, -0.1) is 0 Å². The molecule has 2 aromatic heterocycles. The van der Waals surface area contributed by atoms with Crippen LogP contribution in [-0.2, 0) is 16.4 Å². The number of fused-ring (bicyclic) bond motifs is 2. The lowest BCUT2D eigenvalue weighted by Gasteiger charge is -2.13. The van der Waals surface area contributed by atoms with E-state index in [-0.39, 0.29) is 11.6 Å². The number of hydrogen-bond donors (Lipinski definition) is 3. The molecule has 5 aromatic rings. The van der Waals surface area contributed by atoms with Gasteiger partial charge in [-0.3, -0.25) is 19.3 Å². The van der Waals surface area contributed by atoms with E-state index in [1.807, 2.05) is 70.7 Å². The number of anilines is 3. The first kappa shape index (κ1) is 38.9. The second kappa shape index (κ2) is 17.9. The lowest BCUT2D eigenvalue weighted by Crippen LogP contribution is -2.19. The Labute approximate surface area is 311 Å². The number of Topliss-reactive ketones (excluding diaryl/α,β-unsaturated/α-hetero) is 2. The summed E-state index contributed by atoms with van der Waals surface area (Å²) in [5.41, 5.74) is 3.84. The molecule has 0 bridgehead atoms. The van der Waals surface area contributed by atoms with E-state index in [0.717, 1.165) is 61.7 Å². The summed E-state index contributed by atoms with van der Waals surface area (Å²) in [7, 11) is 4.90. The van der Waals surface area contributed by atoms with Gasteiger partial charge in [0.1, 0.15) is 11.7 Å². The monoisotopic (exact) mass is 737 g/mol. The third kappa shape index (κ3) is 11.3. The summed E-state index contributed by atoms with van der Waals surface area (Å²) in [6, 6.07) is 25.5. The van der Waals surface area contributed by atoms with Crippen LogP contribution in [0.2, 0.25) is 0 Å². The van der Waals surface area contributed by atoms with Crippen LogP contribution in [-0.4, -0.2) is 110 Å². The normalized spacial score (nSPS) is 12.9. The van der Waals surface area contributed by atoms with Crippen molar-refractivity contribution in [2.75, 3.05) is 76.0 Å². The van der Waals surface area contributed by atoms with Crippen molar-refractivity contribution in [2.45, 2.75) is 25.2 Å². The predicted molar refractivity (Wildman–Crippen MR) is 210 cm³/mol. The first-order valence-electron chi connectivity index (χ1n) is 17.5. The van der Waals surface area contributed by atoms with Crippen molar-refractivity contribution in [2.24, 2.45) is 0 Å². The second-order valence-electron chi connectivity index (χ2n) is 13.4. The molecule has 2 heterocycles. The number of nitrogens with one attached hydrogen (secondary N) is 3. The van der Waals surface area contributed by atoms with Crippen LogP contribution in [0.4, 0.5) is 17.6 Å². The first-order chi connectivity index (χ1) is 25.4. The van der Waals surface area contributed by atoms with E-state index in [4.69, 9.17) is 0 Å². The number of rotatable bonds is 15. The van der Waals surface area contributed by atoms with Gasteiger partial charge in [0.15, 0.2) is 11.6 Å². The van der Waals surface area contributed by atoms with Crippen molar-refractivity contribution in [3.63, 3.8) is 0 Å². The van der Waals surface area contributed by atoms with Crippen LogP contribution < -0.4 is 15.4 Å². The average molecular weight is 738 g/mol. The van der Waals surface area contributed by atoms with Crippen molar-refractivity contribution in [1.82, 2.24) is 29.7 Å². The minimum absolute atomic E-state index is 0.154. The average Bonchev–Trinajstić information content (AvgIpc) is 3.37. The van der Waals surface area contributed by atoms with Crippen molar-refractivity contribution in [3.8, 4) is 0 Å². The molecule has 6 rings (SSSR count). The predicted octanol–water partition coefficient (Wildman–Crippen LogP) is 4.96. The molecular formula is C39H47N9O4S. The molecule has 0 saturated carbocycles. The first-order valence-corrected chi connectivity index (χ1v) is 19.4. The Morgan fingerprint density at radius 2 is 1.21 bits per heavy atom. The van der Waals surface area contributed by atoms with Crippen LogP contribution in [0.5, 0.6) is 0 Å². The summed E-state index contributed by atoms with van der Waals surface area (Å²) < 4.78 is 25.2. The van der Waals surface area contributed by atoms with Gasteiger partial charge in [-0.25, -0.2) is 8.42 Å². The number of aromatic nitrogens is 4. The smallest absolute Gasteiger partial charge is 0.229 e. The maximum Gasteiger partial charge on any atom is 0.229 e. The molecule has 0 unspecified atom stereocenters. The van der Waals surface area contributed by atoms with Gasteiger partial charge in [0.05, 0.1) is 17.5 Å². The quantitative estimate of drug-likeness (QED) is 0.0980. The molecule has 53 heavy (non-hydrogen) atoms. The zero-order chi connectivity index (χ0) is 38.0. The highest BCUT2D eigenvalue weighted by molar-refractivity contribution is 7.92. The summed E-state index contributed by atoms with van der Waals surface area (Å²) >= 11 is 0. The third-order valence-corrected chi connectivity index (χ3v) is 8.94. The number of carbonyl (C=O) groups is 2. The molecule has 1 aliphatic rings. The highest BCUT2D eigenvalue weighted by atomic mass is 32.2. The van der Waals surface area contributed by atoms with Gasteiger partial charge in [-0.1, -0.05) is 60.7 Å². The molecular weight excluding hydrogens is 691 g/mol. The van der Waals surface area contributed by atoms with Gasteiger partial charge >= 0.3 is 0 Å².